The van der Waals surface area contributed by atoms with E-state index in [4.69, 9.17) is 25.8 Å². The monoisotopic (exact) mass is 707 g/mol. The first kappa shape index (κ1) is 35.6. The highest BCUT2D eigenvalue weighted by molar-refractivity contribution is 8.00. The van der Waals surface area contributed by atoms with E-state index in [1.165, 1.54) is 39.2 Å². The molecule has 5 aromatic rings. The van der Waals surface area contributed by atoms with E-state index >= 15 is 0 Å². The summed E-state index contributed by atoms with van der Waals surface area (Å²) in [6.07, 6.45) is 1.52. The normalized spacial score (nSPS) is 11.6. The van der Waals surface area contributed by atoms with Crippen molar-refractivity contribution in [2.24, 2.45) is 0 Å². The summed E-state index contributed by atoms with van der Waals surface area (Å²) in [5, 5.41) is 8.36. The van der Waals surface area contributed by atoms with Crippen LogP contribution in [0.25, 0.3) is 6.08 Å². The van der Waals surface area contributed by atoms with Crippen LogP contribution in [0.15, 0.2) is 132 Å². The van der Waals surface area contributed by atoms with E-state index in [-0.39, 0.29) is 11.6 Å². The Morgan fingerprint density at radius 3 is 2.12 bits per heavy atom. The molecule has 0 aliphatic rings. The standard InChI is InChI=1S/C39H34ClN3O6S/c1-47-33-21-20-28(40)23-31(33)42-39(46)36(25-12-6-4-7-13-25)50-30-18-11-17-29(24-30)41-38(45)32(43-37(44)26-14-8-5-9-15-26)22-27-16-10-19-34(48-2)35(27)49-3/h4-24,36H,1-3H3,(H,41,45)(H,42,46)(H,43,44)/b32-22+. The number of halogens is 1. The highest BCUT2D eigenvalue weighted by atomic mass is 35.5. The maximum atomic E-state index is 13.8. The molecule has 0 aliphatic heterocycles. The number of nitrogens with one attached hydrogen (secondary N) is 3. The van der Waals surface area contributed by atoms with Gasteiger partial charge in [-0.1, -0.05) is 78.3 Å². The summed E-state index contributed by atoms with van der Waals surface area (Å²) in [5.74, 6) is -0.00604. The molecule has 50 heavy (non-hydrogen) atoms. The minimum atomic E-state index is -0.674. The number of rotatable bonds is 13. The van der Waals surface area contributed by atoms with Gasteiger partial charge in [0.05, 0.1) is 27.0 Å². The number of thioether (sulfide) groups is 1. The molecular formula is C39H34ClN3O6S. The van der Waals surface area contributed by atoms with Gasteiger partial charge in [-0.3, -0.25) is 14.4 Å². The third-order valence-electron chi connectivity index (χ3n) is 7.37. The van der Waals surface area contributed by atoms with E-state index in [0.29, 0.717) is 49.7 Å². The minimum absolute atomic E-state index is 0.0273. The van der Waals surface area contributed by atoms with Crippen molar-refractivity contribution in [2.75, 3.05) is 32.0 Å². The Balaban J connectivity index is 1.42. The second kappa shape index (κ2) is 17.1. The summed E-state index contributed by atoms with van der Waals surface area (Å²) >= 11 is 7.52. The first-order valence-corrected chi connectivity index (χ1v) is 16.6. The molecular weight excluding hydrogens is 674 g/mol. The number of anilines is 2. The van der Waals surface area contributed by atoms with E-state index in [2.05, 4.69) is 16.0 Å². The number of methoxy groups -OCH3 is 3. The van der Waals surface area contributed by atoms with Crippen LogP contribution in [-0.2, 0) is 9.59 Å². The molecule has 0 aromatic heterocycles. The molecule has 1 atom stereocenters. The zero-order valence-corrected chi connectivity index (χ0v) is 29.0. The third kappa shape index (κ3) is 9.04. The van der Waals surface area contributed by atoms with Crippen molar-refractivity contribution < 1.29 is 28.6 Å². The molecule has 5 aromatic carbocycles. The zero-order valence-electron chi connectivity index (χ0n) is 27.4. The summed E-state index contributed by atoms with van der Waals surface area (Å²) < 4.78 is 16.4. The Labute approximate surface area is 299 Å². The van der Waals surface area contributed by atoms with Crippen LogP contribution >= 0.6 is 23.4 Å². The van der Waals surface area contributed by atoms with Gasteiger partial charge >= 0.3 is 0 Å². The highest BCUT2D eigenvalue weighted by Crippen LogP contribution is 2.38. The van der Waals surface area contributed by atoms with Crippen LogP contribution < -0.4 is 30.2 Å². The molecule has 0 aliphatic carbocycles. The lowest BCUT2D eigenvalue weighted by molar-refractivity contribution is -0.116. The average Bonchev–Trinajstić information content (AvgIpc) is 3.14. The number of hydrogen-bond acceptors (Lipinski definition) is 7. The van der Waals surface area contributed by atoms with Crippen molar-refractivity contribution in [2.45, 2.75) is 10.1 Å². The Hall–Kier alpha value is -5.71. The van der Waals surface area contributed by atoms with Crippen molar-refractivity contribution in [1.29, 1.82) is 0 Å². The second-order valence-electron chi connectivity index (χ2n) is 10.7. The van der Waals surface area contributed by atoms with Gasteiger partial charge in [0.15, 0.2) is 11.5 Å². The van der Waals surface area contributed by atoms with E-state index in [1.54, 1.807) is 84.9 Å². The van der Waals surface area contributed by atoms with E-state index in [0.717, 1.165) is 5.56 Å². The van der Waals surface area contributed by atoms with Gasteiger partial charge in [-0.2, -0.15) is 0 Å². The molecule has 254 valence electrons. The first-order valence-electron chi connectivity index (χ1n) is 15.4. The Kier molecular flexibility index (Phi) is 12.2. The smallest absolute Gasteiger partial charge is 0.272 e. The van der Waals surface area contributed by atoms with Gasteiger partial charge < -0.3 is 30.2 Å². The summed E-state index contributed by atoms with van der Waals surface area (Å²) in [6.45, 7) is 0. The Morgan fingerprint density at radius 2 is 1.42 bits per heavy atom. The minimum Gasteiger partial charge on any atom is -0.495 e. The highest BCUT2D eigenvalue weighted by Gasteiger charge is 2.24. The maximum Gasteiger partial charge on any atom is 0.272 e. The summed E-state index contributed by atoms with van der Waals surface area (Å²) in [5.41, 5.74) is 2.52. The van der Waals surface area contributed by atoms with Gasteiger partial charge in [-0.25, -0.2) is 0 Å². The van der Waals surface area contributed by atoms with Crippen LogP contribution in [0.2, 0.25) is 5.02 Å². The molecule has 3 N–H and O–H groups in total. The first-order chi connectivity index (χ1) is 24.3. The number of amides is 3. The molecule has 9 nitrogen and oxygen atoms in total. The molecule has 0 spiro atoms. The van der Waals surface area contributed by atoms with Gasteiger partial charge in [0.1, 0.15) is 16.7 Å². The third-order valence-corrected chi connectivity index (χ3v) is 8.85. The van der Waals surface area contributed by atoms with Crippen LogP contribution in [0.3, 0.4) is 0 Å². The van der Waals surface area contributed by atoms with Crippen LogP contribution in [-0.4, -0.2) is 39.1 Å². The largest absolute Gasteiger partial charge is 0.495 e. The SMILES string of the molecule is COc1ccc(Cl)cc1NC(=O)C(Sc1cccc(NC(=O)/C(=C\c2cccc(OC)c2OC)NC(=O)c2ccccc2)c1)c1ccccc1. The van der Waals surface area contributed by atoms with Crippen LogP contribution in [0.1, 0.15) is 26.7 Å². The fourth-order valence-electron chi connectivity index (χ4n) is 4.98. The lowest BCUT2D eigenvalue weighted by Crippen LogP contribution is -2.30. The maximum absolute atomic E-state index is 13.8. The molecule has 3 amide bonds. The van der Waals surface area contributed by atoms with Crippen molar-refractivity contribution in [3.05, 3.63) is 149 Å². The number of para-hydroxylation sites is 1. The van der Waals surface area contributed by atoms with E-state index in [1.807, 2.05) is 36.4 Å². The summed E-state index contributed by atoms with van der Waals surface area (Å²) in [7, 11) is 4.53. The van der Waals surface area contributed by atoms with Gasteiger partial charge in [-0.05, 0) is 66.2 Å². The predicted octanol–water partition coefficient (Wildman–Crippen LogP) is 8.25. The van der Waals surface area contributed by atoms with Crippen molar-refractivity contribution in [1.82, 2.24) is 5.32 Å². The molecule has 0 fully saturated rings. The summed E-state index contributed by atoms with van der Waals surface area (Å²) in [6, 6.07) is 35.2. The lowest BCUT2D eigenvalue weighted by atomic mass is 10.1. The summed E-state index contributed by atoms with van der Waals surface area (Å²) in [4.78, 5) is 41.5. The molecule has 0 bridgehead atoms. The number of carbonyl (C=O) groups excluding carboxylic acids is 3. The van der Waals surface area contributed by atoms with Crippen molar-refractivity contribution in [3.63, 3.8) is 0 Å². The molecule has 11 heteroatoms. The number of ether oxygens (including phenoxy) is 3. The van der Waals surface area contributed by atoms with Gasteiger partial charge in [0.2, 0.25) is 5.91 Å². The average molecular weight is 708 g/mol. The van der Waals surface area contributed by atoms with E-state index < -0.39 is 17.1 Å². The molecule has 0 radical (unpaired) electrons. The van der Waals surface area contributed by atoms with Crippen LogP contribution in [0.4, 0.5) is 11.4 Å². The van der Waals surface area contributed by atoms with Crippen molar-refractivity contribution >= 4 is 58.5 Å². The van der Waals surface area contributed by atoms with Gasteiger partial charge in [0, 0.05) is 26.7 Å². The number of benzene rings is 5. The topological polar surface area (TPSA) is 115 Å². The predicted molar refractivity (Wildman–Crippen MR) is 198 cm³/mol. The fourth-order valence-corrected chi connectivity index (χ4v) is 6.24. The molecule has 1 unspecified atom stereocenters. The van der Waals surface area contributed by atoms with Crippen LogP contribution in [0, 0.1) is 0 Å². The van der Waals surface area contributed by atoms with Gasteiger partial charge in [0.25, 0.3) is 11.8 Å². The quantitative estimate of drug-likeness (QED) is 0.0834. The zero-order chi connectivity index (χ0) is 35.5. The lowest BCUT2D eigenvalue weighted by Gasteiger charge is -2.19. The molecule has 0 saturated heterocycles. The van der Waals surface area contributed by atoms with Crippen molar-refractivity contribution in [3.8, 4) is 17.2 Å². The van der Waals surface area contributed by atoms with Crippen LogP contribution in [0.5, 0.6) is 17.2 Å². The Bertz CT molecular complexity index is 2010. The second-order valence-corrected chi connectivity index (χ2v) is 12.3. The molecule has 5 rings (SSSR count). The number of hydrogen-bond donors (Lipinski definition) is 3. The molecule has 0 heterocycles. The Morgan fingerprint density at radius 1 is 0.720 bits per heavy atom. The molecule has 0 saturated carbocycles. The van der Waals surface area contributed by atoms with E-state index in [9.17, 15) is 14.4 Å². The van der Waals surface area contributed by atoms with Gasteiger partial charge in [-0.15, -0.1) is 11.8 Å². The fraction of sp³-hybridized carbons (Fsp3) is 0.103. The number of carbonyl (C=O) groups is 3.